The lowest BCUT2D eigenvalue weighted by atomic mass is 10.0. The van der Waals surface area contributed by atoms with Gasteiger partial charge in [0.2, 0.25) is 0 Å². The average molecular weight is 186 g/mol. The Labute approximate surface area is 76.5 Å². The molecular formula is C9H14O2S. The van der Waals surface area contributed by atoms with Crippen molar-refractivity contribution in [2.24, 2.45) is 5.92 Å². The van der Waals surface area contributed by atoms with Gasteiger partial charge in [0.25, 0.3) is 0 Å². The van der Waals surface area contributed by atoms with Crippen LogP contribution in [0, 0.1) is 5.92 Å². The number of aliphatic hydroxyl groups is 2. The zero-order valence-electron chi connectivity index (χ0n) is 7.27. The largest absolute Gasteiger partial charge is 0.390 e. The second-order valence-electron chi connectivity index (χ2n) is 3.19. The SMILES string of the molecule is CC(C)[C@@H](O)[C@@H](O)c1cccs1. The van der Waals surface area contributed by atoms with Crippen LogP contribution in [-0.4, -0.2) is 16.3 Å². The minimum Gasteiger partial charge on any atom is -0.390 e. The van der Waals surface area contributed by atoms with Crippen LogP contribution in [0.2, 0.25) is 0 Å². The molecule has 2 atom stereocenters. The van der Waals surface area contributed by atoms with E-state index in [2.05, 4.69) is 0 Å². The van der Waals surface area contributed by atoms with Gasteiger partial charge in [-0.25, -0.2) is 0 Å². The van der Waals surface area contributed by atoms with Crippen LogP contribution in [0.1, 0.15) is 24.8 Å². The molecule has 1 aromatic heterocycles. The Hall–Kier alpha value is -0.380. The van der Waals surface area contributed by atoms with Gasteiger partial charge in [-0.3, -0.25) is 0 Å². The number of rotatable bonds is 3. The van der Waals surface area contributed by atoms with E-state index in [1.54, 1.807) is 0 Å². The van der Waals surface area contributed by atoms with E-state index in [9.17, 15) is 10.2 Å². The molecule has 12 heavy (non-hydrogen) atoms. The predicted octanol–water partition coefficient (Wildman–Crippen LogP) is 1.80. The number of hydrogen-bond acceptors (Lipinski definition) is 3. The average Bonchev–Trinajstić information content (AvgIpc) is 2.53. The highest BCUT2D eigenvalue weighted by atomic mass is 32.1. The van der Waals surface area contributed by atoms with Crippen molar-refractivity contribution in [2.75, 3.05) is 0 Å². The van der Waals surface area contributed by atoms with Crippen LogP contribution in [0.25, 0.3) is 0 Å². The van der Waals surface area contributed by atoms with Crippen molar-refractivity contribution < 1.29 is 10.2 Å². The highest BCUT2D eigenvalue weighted by Crippen LogP contribution is 2.25. The summed E-state index contributed by atoms with van der Waals surface area (Å²) in [6.45, 7) is 3.78. The molecule has 1 rings (SSSR count). The number of aliphatic hydroxyl groups excluding tert-OH is 2. The summed E-state index contributed by atoms with van der Waals surface area (Å²) >= 11 is 1.47. The molecule has 0 bridgehead atoms. The van der Waals surface area contributed by atoms with Crippen molar-refractivity contribution in [1.29, 1.82) is 0 Å². The Morgan fingerprint density at radius 3 is 2.42 bits per heavy atom. The molecule has 0 saturated heterocycles. The summed E-state index contributed by atoms with van der Waals surface area (Å²) in [6.07, 6.45) is -1.39. The first-order chi connectivity index (χ1) is 5.63. The van der Waals surface area contributed by atoms with Gasteiger partial charge in [0.05, 0.1) is 6.10 Å². The van der Waals surface area contributed by atoms with Crippen molar-refractivity contribution in [3.63, 3.8) is 0 Å². The molecule has 0 amide bonds. The van der Waals surface area contributed by atoms with Crippen LogP contribution in [-0.2, 0) is 0 Å². The zero-order valence-corrected chi connectivity index (χ0v) is 8.08. The van der Waals surface area contributed by atoms with Gasteiger partial charge in [0.15, 0.2) is 0 Å². The molecular weight excluding hydrogens is 172 g/mol. The van der Waals surface area contributed by atoms with Gasteiger partial charge >= 0.3 is 0 Å². The first-order valence-electron chi connectivity index (χ1n) is 4.02. The zero-order chi connectivity index (χ0) is 9.14. The summed E-state index contributed by atoms with van der Waals surface area (Å²) < 4.78 is 0. The smallest absolute Gasteiger partial charge is 0.114 e. The van der Waals surface area contributed by atoms with E-state index in [0.717, 1.165) is 4.88 Å². The maximum Gasteiger partial charge on any atom is 0.114 e. The first kappa shape index (κ1) is 9.71. The molecule has 2 nitrogen and oxygen atoms in total. The van der Waals surface area contributed by atoms with Crippen molar-refractivity contribution in [3.05, 3.63) is 22.4 Å². The molecule has 0 spiro atoms. The van der Waals surface area contributed by atoms with E-state index >= 15 is 0 Å². The molecule has 0 unspecified atom stereocenters. The van der Waals surface area contributed by atoms with E-state index in [1.165, 1.54) is 11.3 Å². The first-order valence-corrected chi connectivity index (χ1v) is 4.90. The quantitative estimate of drug-likeness (QED) is 0.755. The molecule has 0 aromatic carbocycles. The molecule has 0 saturated carbocycles. The summed E-state index contributed by atoms with van der Waals surface area (Å²) in [6, 6.07) is 3.71. The number of thiophene rings is 1. The molecule has 3 heteroatoms. The third-order valence-electron chi connectivity index (χ3n) is 1.84. The van der Waals surface area contributed by atoms with Gasteiger partial charge in [0, 0.05) is 4.88 Å². The minimum atomic E-state index is -0.731. The van der Waals surface area contributed by atoms with Gasteiger partial charge in [-0.15, -0.1) is 11.3 Å². The van der Waals surface area contributed by atoms with Crippen molar-refractivity contribution in [1.82, 2.24) is 0 Å². The van der Waals surface area contributed by atoms with Crippen LogP contribution in [0.15, 0.2) is 17.5 Å². The highest BCUT2D eigenvalue weighted by Gasteiger charge is 2.21. The normalized spacial score (nSPS) is 16.4. The molecule has 2 N–H and O–H groups in total. The maximum atomic E-state index is 9.61. The van der Waals surface area contributed by atoms with Gasteiger partial charge in [0.1, 0.15) is 6.10 Å². The third-order valence-corrected chi connectivity index (χ3v) is 2.78. The molecule has 0 radical (unpaired) electrons. The lowest BCUT2D eigenvalue weighted by Crippen LogP contribution is -2.23. The summed E-state index contributed by atoms with van der Waals surface area (Å²) in [5.74, 6) is 0.0853. The molecule has 1 heterocycles. The van der Waals surface area contributed by atoms with Crippen LogP contribution in [0.3, 0.4) is 0 Å². The second kappa shape index (κ2) is 4.03. The summed E-state index contributed by atoms with van der Waals surface area (Å²) in [5, 5.41) is 21.0. The van der Waals surface area contributed by atoms with Crippen LogP contribution in [0.4, 0.5) is 0 Å². The van der Waals surface area contributed by atoms with E-state index in [4.69, 9.17) is 0 Å². The standard InChI is InChI=1S/C9H14O2S/c1-6(2)8(10)9(11)7-4-3-5-12-7/h3-6,8-11H,1-2H3/t8-,9+/m1/s1. The highest BCUT2D eigenvalue weighted by molar-refractivity contribution is 7.10. The minimum absolute atomic E-state index is 0.0853. The van der Waals surface area contributed by atoms with Crippen molar-refractivity contribution in [2.45, 2.75) is 26.1 Å². The van der Waals surface area contributed by atoms with Gasteiger partial charge in [-0.2, -0.15) is 0 Å². The number of hydrogen-bond donors (Lipinski definition) is 2. The van der Waals surface area contributed by atoms with Crippen molar-refractivity contribution in [3.8, 4) is 0 Å². The Bertz CT molecular complexity index is 218. The van der Waals surface area contributed by atoms with Gasteiger partial charge < -0.3 is 10.2 Å². The Balaban J connectivity index is 2.65. The molecule has 1 aromatic rings. The lowest BCUT2D eigenvalue weighted by molar-refractivity contribution is -0.00745. The third kappa shape index (κ3) is 2.06. The topological polar surface area (TPSA) is 40.5 Å². The van der Waals surface area contributed by atoms with Gasteiger partial charge in [-0.1, -0.05) is 19.9 Å². The summed E-state index contributed by atoms with van der Waals surface area (Å²) in [4.78, 5) is 0.830. The molecule has 0 fully saturated rings. The Morgan fingerprint density at radius 1 is 1.33 bits per heavy atom. The molecule has 0 aliphatic rings. The van der Waals surface area contributed by atoms with E-state index < -0.39 is 12.2 Å². The fourth-order valence-electron chi connectivity index (χ4n) is 0.992. The van der Waals surface area contributed by atoms with E-state index in [0.29, 0.717) is 0 Å². The predicted molar refractivity (Wildman–Crippen MR) is 50.1 cm³/mol. The van der Waals surface area contributed by atoms with Crippen LogP contribution >= 0.6 is 11.3 Å². The maximum absolute atomic E-state index is 9.61. The molecule has 0 aliphatic carbocycles. The monoisotopic (exact) mass is 186 g/mol. The van der Waals surface area contributed by atoms with E-state index in [1.807, 2.05) is 31.4 Å². The molecule has 0 aliphatic heterocycles. The Kier molecular flexibility index (Phi) is 3.26. The summed E-state index contributed by atoms with van der Waals surface area (Å²) in [7, 11) is 0. The second-order valence-corrected chi connectivity index (χ2v) is 4.17. The fraction of sp³-hybridized carbons (Fsp3) is 0.556. The fourth-order valence-corrected chi connectivity index (χ4v) is 1.74. The van der Waals surface area contributed by atoms with Gasteiger partial charge in [-0.05, 0) is 17.4 Å². The van der Waals surface area contributed by atoms with Crippen LogP contribution in [0.5, 0.6) is 0 Å². The molecule has 68 valence electrons. The lowest BCUT2D eigenvalue weighted by Gasteiger charge is -2.19. The Morgan fingerprint density at radius 2 is 2.00 bits per heavy atom. The van der Waals surface area contributed by atoms with E-state index in [-0.39, 0.29) is 5.92 Å². The van der Waals surface area contributed by atoms with Crippen molar-refractivity contribution >= 4 is 11.3 Å². The van der Waals surface area contributed by atoms with Crippen LogP contribution < -0.4 is 0 Å². The summed E-state index contributed by atoms with van der Waals surface area (Å²) in [5.41, 5.74) is 0.